The lowest BCUT2D eigenvalue weighted by atomic mass is 10.3. The second kappa shape index (κ2) is 4.68. The number of nitrogens with zero attached hydrogens (tertiary/aromatic N) is 4. The summed E-state index contributed by atoms with van der Waals surface area (Å²) in [4.78, 5) is 13.0. The van der Waals surface area contributed by atoms with E-state index in [4.69, 9.17) is 0 Å². The van der Waals surface area contributed by atoms with Crippen LogP contribution in [0.5, 0.6) is 0 Å². The smallest absolute Gasteiger partial charge is 0.222 e. The predicted molar refractivity (Wildman–Crippen MR) is 74.0 cm³/mol. The summed E-state index contributed by atoms with van der Waals surface area (Å²) >= 11 is 0. The van der Waals surface area contributed by atoms with Gasteiger partial charge in [0.2, 0.25) is 5.95 Å². The van der Waals surface area contributed by atoms with Gasteiger partial charge in [-0.3, -0.25) is 0 Å². The molecule has 3 heterocycles. The van der Waals surface area contributed by atoms with Gasteiger partial charge in [-0.2, -0.15) is 0 Å². The van der Waals surface area contributed by atoms with Crippen LogP contribution in [0.1, 0.15) is 16.8 Å². The van der Waals surface area contributed by atoms with Gasteiger partial charge in [-0.15, -0.1) is 0 Å². The molecular weight excluding hydrogens is 238 g/mol. The number of hydrogen-bond donors (Lipinski definition) is 1. The van der Waals surface area contributed by atoms with Crippen LogP contribution >= 0.6 is 0 Å². The number of aromatic nitrogens is 4. The molecule has 0 saturated carbocycles. The molecule has 3 aromatic heterocycles. The van der Waals surface area contributed by atoms with Gasteiger partial charge in [0, 0.05) is 24.8 Å². The highest BCUT2D eigenvalue weighted by Gasteiger charge is 2.02. The van der Waals surface area contributed by atoms with Crippen LogP contribution < -0.4 is 5.32 Å². The highest BCUT2D eigenvalue weighted by molar-refractivity contribution is 5.43. The summed E-state index contributed by atoms with van der Waals surface area (Å²) in [6.07, 6.45) is 7.62. The molecule has 0 unspecified atom stereocenters. The number of hydrogen-bond acceptors (Lipinski definition) is 4. The normalized spacial score (nSPS) is 10.8. The summed E-state index contributed by atoms with van der Waals surface area (Å²) < 4.78 is 2.01. The maximum Gasteiger partial charge on any atom is 0.222 e. The standard InChI is InChI=1S/C14H15N5/c1-10-3-4-19-9-12(18-13(19)5-10)8-17-14-15-6-11(2)7-16-14/h3-7,9H,8H2,1-2H3,(H,15,16,17). The number of aryl methyl sites for hydroxylation is 2. The Balaban J connectivity index is 1.76. The van der Waals surface area contributed by atoms with Crippen molar-refractivity contribution in [1.29, 1.82) is 0 Å². The largest absolute Gasteiger partial charge is 0.349 e. The Morgan fingerprint density at radius 2 is 1.95 bits per heavy atom. The monoisotopic (exact) mass is 253 g/mol. The molecule has 96 valence electrons. The van der Waals surface area contributed by atoms with E-state index in [0.29, 0.717) is 12.5 Å². The maximum absolute atomic E-state index is 4.55. The van der Waals surface area contributed by atoms with Crippen molar-refractivity contribution < 1.29 is 0 Å². The van der Waals surface area contributed by atoms with Crippen LogP contribution in [0.4, 0.5) is 5.95 Å². The lowest BCUT2D eigenvalue weighted by Crippen LogP contribution is -2.03. The highest BCUT2D eigenvalue weighted by Crippen LogP contribution is 2.09. The molecule has 5 heteroatoms. The summed E-state index contributed by atoms with van der Waals surface area (Å²) in [5, 5.41) is 3.17. The minimum absolute atomic E-state index is 0.615. The van der Waals surface area contributed by atoms with E-state index in [-0.39, 0.29) is 0 Å². The number of nitrogens with one attached hydrogen (secondary N) is 1. The molecule has 0 aliphatic rings. The Morgan fingerprint density at radius 3 is 2.74 bits per heavy atom. The summed E-state index contributed by atoms with van der Waals surface area (Å²) in [5.41, 5.74) is 4.18. The first-order chi connectivity index (χ1) is 9.20. The van der Waals surface area contributed by atoms with Crippen LogP contribution in [0.15, 0.2) is 36.9 Å². The molecule has 19 heavy (non-hydrogen) atoms. The Kier molecular flexibility index (Phi) is 2.87. The summed E-state index contributed by atoms with van der Waals surface area (Å²) in [7, 11) is 0. The zero-order valence-corrected chi connectivity index (χ0v) is 11.0. The summed E-state index contributed by atoms with van der Waals surface area (Å²) in [5.74, 6) is 0.624. The third-order valence-corrected chi connectivity index (χ3v) is 2.87. The van der Waals surface area contributed by atoms with Gasteiger partial charge >= 0.3 is 0 Å². The van der Waals surface area contributed by atoms with Gasteiger partial charge in [0.1, 0.15) is 5.65 Å². The highest BCUT2D eigenvalue weighted by atomic mass is 15.1. The van der Waals surface area contributed by atoms with Crippen LogP contribution in [0.2, 0.25) is 0 Å². The fraction of sp³-hybridized carbons (Fsp3) is 0.214. The van der Waals surface area contributed by atoms with E-state index in [1.807, 2.05) is 23.7 Å². The molecule has 0 saturated heterocycles. The van der Waals surface area contributed by atoms with Crippen molar-refractivity contribution in [3.8, 4) is 0 Å². The van der Waals surface area contributed by atoms with E-state index < -0.39 is 0 Å². The van der Waals surface area contributed by atoms with E-state index in [2.05, 4.69) is 39.3 Å². The lowest BCUT2D eigenvalue weighted by Gasteiger charge is -2.01. The molecule has 3 aromatic rings. The van der Waals surface area contributed by atoms with Crippen molar-refractivity contribution in [2.24, 2.45) is 0 Å². The molecule has 0 bridgehead atoms. The van der Waals surface area contributed by atoms with Gasteiger partial charge in [-0.1, -0.05) is 0 Å². The number of fused-ring (bicyclic) bond motifs is 1. The second-order valence-corrected chi connectivity index (χ2v) is 4.64. The molecule has 5 nitrogen and oxygen atoms in total. The van der Waals surface area contributed by atoms with E-state index in [9.17, 15) is 0 Å². The Hall–Kier alpha value is -2.43. The molecule has 0 fully saturated rings. The zero-order chi connectivity index (χ0) is 13.2. The quantitative estimate of drug-likeness (QED) is 0.778. The second-order valence-electron chi connectivity index (χ2n) is 4.64. The fourth-order valence-electron chi connectivity index (χ4n) is 1.87. The predicted octanol–water partition coefficient (Wildman–Crippen LogP) is 2.35. The van der Waals surface area contributed by atoms with Gasteiger partial charge < -0.3 is 9.72 Å². The Morgan fingerprint density at radius 1 is 1.16 bits per heavy atom. The molecule has 0 radical (unpaired) electrons. The molecule has 0 atom stereocenters. The Labute approximate surface area is 111 Å². The van der Waals surface area contributed by atoms with Crippen molar-refractivity contribution in [1.82, 2.24) is 19.4 Å². The fourth-order valence-corrected chi connectivity index (χ4v) is 1.87. The molecular formula is C14H15N5. The van der Waals surface area contributed by atoms with Crippen LogP contribution in [0.25, 0.3) is 5.65 Å². The first kappa shape index (κ1) is 11.6. The van der Waals surface area contributed by atoms with Crippen molar-refractivity contribution in [3.05, 3.63) is 53.7 Å². The van der Waals surface area contributed by atoms with Gasteiger partial charge in [-0.05, 0) is 37.1 Å². The minimum Gasteiger partial charge on any atom is -0.349 e. The third-order valence-electron chi connectivity index (χ3n) is 2.87. The SMILES string of the molecule is Cc1cnc(NCc2cn3ccc(C)cc3n2)nc1. The van der Waals surface area contributed by atoms with Crippen LogP contribution in [-0.4, -0.2) is 19.4 Å². The lowest BCUT2D eigenvalue weighted by molar-refractivity contribution is 1.01. The van der Waals surface area contributed by atoms with E-state index in [0.717, 1.165) is 16.9 Å². The van der Waals surface area contributed by atoms with E-state index >= 15 is 0 Å². The average molecular weight is 253 g/mol. The van der Waals surface area contributed by atoms with Crippen LogP contribution in [-0.2, 0) is 6.54 Å². The van der Waals surface area contributed by atoms with Gasteiger partial charge in [0.15, 0.2) is 0 Å². The summed E-state index contributed by atoms with van der Waals surface area (Å²) in [6.45, 7) is 4.64. The van der Waals surface area contributed by atoms with Gasteiger partial charge in [0.25, 0.3) is 0 Å². The average Bonchev–Trinajstić information content (AvgIpc) is 2.80. The molecule has 3 rings (SSSR count). The number of imidazole rings is 1. The molecule has 0 spiro atoms. The maximum atomic E-state index is 4.55. The van der Waals surface area contributed by atoms with Gasteiger partial charge in [-0.25, -0.2) is 15.0 Å². The first-order valence-electron chi connectivity index (χ1n) is 6.17. The van der Waals surface area contributed by atoms with Crippen molar-refractivity contribution >= 4 is 11.6 Å². The molecule has 0 amide bonds. The molecule has 0 aliphatic heterocycles. The van der Waals surface area contributed by atoms with Crippen molar-refractivity contribution in [2.45, 2.75) is 20.4 Å². The van der Waals surface area contributed by atoms with E-state index in [1.165, 1.54) is 5.56 Å². The molecule has 0 aromatic carbocycles. The zero-order valence-electron chi connectivity index (χ0n) is 11.0. The van der Waals surface area contributed by atoms with Crippen LogP contribution in [0.3, 0.4) is 0 Å². The Bertz CT molecular complexity index is 699. The number of rotatable bonds is 3. The number of anilines is 1. The molecule has 1 N–H and O–H groups in total. The van der Waals surface area contributed by atoms with Crippen molar-refractivity contribution in [2.75, 3.05) is 5.32 Å². The van der Waals surface area contributed by atoms with Crippen LogP contribution in [0, 0.1) is 13.8 Å². The van der Waals surface area contributed by atoms with E-state index in [1.54, 1.807) is 12.4 Å². The topological polar surface area (TPSA) is 55.1 Å². The third kappa shape index (κ3) is 2.54. The molecule has 0 aliphatic carbocycles. The minimum atomic E-state index is 0.615. The van der Waals surface area contributed by atoms with Gasteiger partial charge in [0.05, 0.1) is 12.2 Å². The number of pyridine rings is 1. The van der Waals surface area contributed by atoms with Crippen molar-refractivity contribution in [3.63, 3.8) is 0 Å². The first-order valence-corrected chi connectivity index (χ1v) is 6.17. The summed E-state index contributed by atoms with van der Waals surface area (Å²) in [6, 6.07) is 4.13.